The third kappa shape index (κ3) is 15.5. The lowest BCUT2D eigenvalue weighted by Gasteiger charge is -2.05. The van der Waals surface area contributed by atoms with Gasteiger partial charge in [-0.15, -0.1) is 0 Å². The number of rotatable bonds is 17. The van der Waals surface area contributed by atoms with Gasteiger partial charge in [0.1, 0.15) is 0 Å². The maximum absolute atomic E-state index is 11.1. The summed E-state index contributed by atoms with van der Waals surface area (Å²) in [4.78, 5) is 21.2. The van der Waals surface area contributed by atoms with Crippen LogP contribution in [0.3, 0.4) is 0 Å². The number of aliphatic carboxylic acids is 1. The van der Waals surface area contributed by atoms with Crippen LogP contribution in [-0.4, -0.2) is 22.0 Å². The molecule has 0 aliphatic carbocycles. The molecule has 0 fully saturated rings. The van der Waals surface area contributed by atoms with Crippen molar-refractivity contribution in [1.82, 2.24) is 0 Å². The van der Waals surface area contributed by atoms with E-state index >= 15 is 0 Å². The first-order valence-electron chi connectivity index (χ1n) is 9.59. The van der Waals surface area contributed by atoms with Crippen LogP contribution < -0.4 is 0 Å². The molecule has 5 nitrogen and oxygen atoms in total. The number of nitrogens with zero attached hydrogens (tertiary/aromatic N) is 1. The molecular formula is C19H35NO4. The van der Waals surface area contributed by atoms with Crippen molar-refractivity contribution < 1.29 is 14.8 Å². The van der Waals surface area contributed by atoms with Gasteiger partial charge in [-0.3, -0.25) is 14.9 Å². The largest absolute Gasteiger partial charge is 0.481 e. The van der Waals surface area contributed by atoms with Gasteiger partial charge in [0.15, 0.2) is 0 Å². The lowest BCUT2D eigenvalue weighted by Crippen LogP contribution is -2.16. The molecule has 0 bridgehead atoms. The number of hydrogen-bond acceptors (Lipinski definition) is 3. The zero-order valence-electron chi connectivity index (χ0n) is 15.3. The third-order valence-electron chi connectivity index (χ3n) is 4.24. The molecule has 0 rings (SSSR count). The van der Waals surface area contributed by atoms with Crippen molar-refractivity contribution in [2.24, 2.45) is 0 Å². The Bertz CT molecular complexity index is 355. The second kappa shape index (κ2) is 16.5. The van der Waals surface area contributed by atoms with Gasteiger partial charge >= 0.3 is 5.97 Å². The quantitative estimate of drug-likeness (QED) is 0.158. The minimum absolute atomic E-state index is 0.191. The predicted molar refractivity (Wildman–Crippen MR) is 97.9 cm³/mol. The molecule has 0 aliphatic heterocycles. The third-order valence-corrected chi connectivity index (χ3v) is 4.24. The van der Waals surface area contributed by atoms with Crippen LogP contribution in [-0.2, 0) is 4.79 Å². The van der Waals surface area contributed by atoms with Gasteiger partial charge in [0, 0.05) is 17.8 Å². The molecule has 1 N–H and O–H groups in total. The van der Waals surface area contributed by atoms with E-state index in [0.29, 0.717) is 12.8 Å². The molecule has 0 aliphatic rings. The van der Waals surface area contributed by atoms with Gasteiger partial charge in [0.25, 0.3) is 0 Å². The molecule has 0 spiro atoms. The Morgan fingerprint density at radius 3 is 2.21 bits per heavy atom. The van der Waals surface area contributed by atoms with Crippen LogP contribution >= 0.6 is 0 Å². The van der Waals surface area contributed by atoms with Gasteiger partial charge in [-0.1, -0.05) is 64.4 Å². The fourth-order valence-corrected chi connectivity index (χ4v) is 2.73. The minimum atomic E-state index is -0.772. The average molecular weight is 341 g/mol. The number of carboxylic acid groups (broad SMARTS) is 1. The lowest BCUT2D eigenvalue weighted by atomic mass is 10.0. The van der Waals surface area contributed by atoms with E-state index in [9.17, 15) is 14.9 Å². The summed E-state index contributed by atoms with van der Waals surface area (Å²) in [5.74, 6) is -0.772. The summed E-state index contributed by atoms with van der Waals surface area (Å²) in [7, 11) is 0. The lowest BCUT2D eigenvalue weighted by molar-refractivity contribution is -0.510. The van der Waals surface area contributed by atoms with Gasteiger partial charge in [-0.05, 0) is 31.8 Å². The van der Waals surface area contributed by atoms with E-state index in [1.165, 1.54) is 38.5 Å². The summed E-state index contributed by atoms with van der Waals surface area (Å²) in [5.41, 5.74) is 0. The van der Waals surface area contributed by atoms with Crippen molar-refractivity contribution in [1.29, 1.82) is 0 Å². The SMILES string of the molecule is CCCCCCCCCC=CC(CCCCCCC(=O)O)[N+](=O)[O-]. The second-order valence-corrected chi connectivity index (χ2v) is 6.54. The summed E-state index contributed by atoms with van der Waals surface area (Å²) >= 11 is 0. The molecule has 0 aromatic heterocycles. The number of unbranched alkanes of at least 4 members (excludes halogenated alkanes) is 10. The van der Waals surface area contributed by atoms with Crippen LogP contribution in [0.5, 0.6) is 0 Å². The Morgan fingerprint density at radius 1 is 1.00 bits per heavy atom. The second-order valence-electron chi connectivity index (χ2n) is 6.54. The van der Waals surface area contributed by atoms with E-state index in [1.54, 1.807) is 6.08 Å². The van der Waals surface area contributed by atoms with Crippen molar-refractivity contribution in [3.05, 3.63) is 22.3 Å². The zero-order valence-corrected chi connectivity index (χ0v) is 15.3. The highest BCUT2D eigenvalue weighted by atomic mass is 16.6. The van der Waals surface area contributed by atoms with Gasteiger partial charge in [0.05, 0.1) is 0 Å². The van der Waals surface area contributed by atoms with Crippen molar-refractivity contribution in [3.8, 4) is 0 Å². The Balaban J connectivity index is 3.68. The van der Waals surface area contributed by atoms with Gasteiger partial charge in [0.2, 0.25) is 6.04 Å². The van der Waals surface area contributed by atoms with Crippen LogP contribution in [0.2, 0.25) is 0 Å². The molecule has 0 aromatic carbocycles. The first-order valence-corrected chi connectivity index (χ1v) is 9.59. The number of allylic oxidation sites excluding steroid dienone is 1. The molecule has 0 saturated heterocycles. The van der Waals surface area contributed by atoms with Crippen LogP contribution in [0.1, 0.15) is 96.8 Å². The summed E-state index contributed by atoms with van der Waals surface area (Å²) in [6.45, 7) is 2.21. The molecule has 0 amide bonds. The van der Waals surface area contributed by atoms with E-state index in [0.717, 1.165) is 32.1 Å². The minimum Gasteiger partial charge on any atom is -0.481 e. The van der Waals surface area contributed by atoms with E-state index < -0.39 is 12.0 Å². The summed E-state index contributed by atoms with van der Waals surface area (Å²) in [5, 5.41) is 19.6. The first-order chi connectivity index (χ1) is 11.6. The fraction of sp³-hybridized carbons (Fsp3) is 0.842. The first kappa shape index (κ1) is 22.6. The smallest absolute Gasteiger partial charge is 0.303 e. The summed E-state index contributed by atoms with van der Waals surface area (Å²) < 4.78 is 0. The van der Waals surface area contributed by atoms with E-state index in [1.807, 2.05) is 6.08 Å². The monoisotopic (exact) mass is 341 g/mol. The van der Waals surface area contributed by atoms with Crippen LogP contribution in [0, 0.1) is 10.1 Å². The molecule has 140 valence electrons. The topological polar surface area (TPSA) is 80.4 Å². The molecule has 0 radical (unpaired) electrons. The maximum atomic E-state index is 11.1. The number of carbonyl (C=O) groups is 1. The van der Waals surface area contributed by atoms with Crippen molar-refractivity contribution >= 4 is 5.97 Å². The molecule has 1 atom stereocenters. The van der Waals surface area contributed by atoms with Crippen molar-refractivity contribution in [2.45, 2.75) is 103 Å². The highest BCUT2D eigenvalue weighted by molar-refractivity contribution is 5.66. The Hall–Kier alpha value is -1.39. The number of nitro groups is 1. The van der Waals surface area contributed by atoms with Crippen LogP contribution in [0.4, 0.5) is 0 Å². The number of hydrogen-bond donors (Lipinski definition) is 1. The highest BCUT2D eigenvalue weighted by Gasteiger charge is 2.14. The average Bonchev–Trinajstić information content (AvgIpc) is 2.53. The normalized spacial score (nSPS) is 12.5. The molecule has 5 heteroatoms. The van der Waals surface area contributed by atoms with E-state index in [-0.39, 0.29) is 11.3 Å². The molecule has 0 heterocycles. The Labute approximate surface area is 146 Å². The molecule has 0 saturated carbocycles. The van der Waals surface area contributed by atoms with E-state index in [2.05, 4.69) is 6.92 Å². The highest BCUT2D eigenvalue weighted by Crippen LogP contribution is 2.12. The van der Waals surface area contributed by atoms with Crippen LogP contribution in [0.15, 0.2) is 12.2 Å². The van der Waals surface area contributed by atoms with Crippen molar-refractivity contribution in [2.75, 3.05) is 0 Å². The summed E-state index contributed by atoms with van der Waals surface area (Å²) in [6, 6.07) is -0.589. The molecule has 24 heavy (non-hydrogen) atoms. The van der Waals surface area contributed by atoms with Gasteiger partial charge in [-0.25, -0.2) is 0 Å². The molecule has 1 unspecified atom stereocenters. The van der Waals surface area contributed by atoms with Crippen LogP contribution in [0.25, 0.3) is 0 Å². The number of carboxylic acids is 1. The summed E-state index contributed by atoms with van der Waals surface area (Å²) in [6.07, 6.45) is 17.3. The standard InChI is InChI=1S/C19H35NO4/c1-2-3-4-5-6-7-8-9-12-15-18(20(23)24)16-13-10-11-14-17-19(21)22/h12,15,18H,2-11,13-14,16-17H2,1H3,(H,21,22). The van der Waals surface area contributed by atoms with E-state index in [4.69, 9.17) is 5.11 Å². The molecule has 0 aromatic rings. The van der Waals surface area contributed by atoms with Gasteiger partial charge in [-0.2, -0.15) is 0 Å². The Kier molecular flexibility index (Phi) is 15.5. The molecular weight excluding hydrogens is 306 g/mol. The maximum Gasteiger partial charge on any atom is 0.303 e. The van der Waals surface area contributed by atoms with Crippen molar-refractivity contribution in [3.63, 3.8) is 0 Å². The Morgan fingerprint density at radius 2 is 1.58 bits per heavy atom. The fourth-order valence-electron chi connectivity index (χ4n) is 2.73. The zero-order chi connectivity index (χ0) is 18.0. The van der Waals surface area contributed by atoms with Gasteiger partial charge < -0.3 is 5.11 Å². The predicted octanol–water partition coefficient (Wildman–Crippen LogP) is 5.75.